The molecule has 3 nitrogen and oxygen atoms in total. The Hall–Kier alpha value is -1.78. The molecule has 5 rings (SSSR count). The lowest BCUT2D eigenvalue weighted by Crippen LogP contribution is -2.43. The minimum Gasteiger partial charge on any atom is -0.484 e. The van der Waals surface area contributed by atoms with Crippen LogP contribution in [-0.2, 0) is 21.0 Å². The lowest BCUT2D eigenvalue weighted by atomic mass is 10.0. The lowest BCUT2D eigenvalue weighted by molar-refractivity contribution is 0.0647. The highest BCUT2D eigenvalue weighted by atomic mass is 32.2. The van der Waals surface area contributed by atoms with Crippen LogP contribution in [0.2, 0.25) is 0 Å². The zero-order valence-electron chi connectivity index (χ0n) is 15.6. The van der Waals surface area contributed by atoms with Crippen molar-refractivity contribution in [3.63, 3.8) is 0 Å². The molecule has 3 aliphatic rings. The number of piperidine rings is 1. The van der Waals surface area contributed by atoms with E-state index < -0.39 is 10.4 Å². The molecule has 0 radical (unpaired) electrons. The van der Waals surface area contributed by atoms with Crippen molar-refractivity contribution >= 4 is 15.3 Å². The molecule has 0 bridgehead atoms. The van der Waals surface area contributed by atoms with Crippen molar-refractivity contribution in [1.82, 2.24) is 4.90 Å². The third-order valence-electron chi connectivity index (χ3n) is 6.02. The Balaban J connectivity index is 1.40. The summed E-state index contributed by atoms with van der Waals surface area (Å²) in [6.07, 6.45) is 7.11. The van der Waals surface area contributed by atoms with Gasteiger partial charge < -0.3 is 8.95 Å². The van der Waals surface area contributed by atoms with E-state index in [4.69, 9.17) is 4.74 Å². The van der Waals surface area contributed by atoms with E-state index in [2.05, 4.69) is 29.2 Å². The van der Waals surface area contributed by atoms with Crippen LogP contribution in [0, 0.1) is 0 Å². The van der Waals surface area contributed by atoms with Crippen molar-refractivity contribution in [2.24, 2.45) is 0 Å². The van der Waals surface area contributed by atoms with Crippen molar-refractivity contribution in [2.75, 3.05) is 13.1 Å². The number of rotatable bonds is 4. The van der Waals surface area contributed by atoms with E-state index >= 15 is 0 Å². The summed E-state index contributed by atoms with van der Waals surface area (Å²) in [6, 6.07) is 17.0. The molecule has 1 saturated heterocycles. The van der Waals surface area contributed by atoms with E-state index in [0.29, 0.717) is 6.04 Å². The fourth-order valence-electron chi connectivity index (χ4n) is 4.44. The van der Waals surface area contributed by atoms with Gasteiger partial charge in [0.25, 0.3) is 0 Å². The monoisotopic (exact) mass is 380 g/mol. The topological polar surface area (TPSA) is 29.5 Å². The third kappa shape index (κ3) is 3.53. The van der Waals surface area contributed by atoms with Gasteiger partial charge in [0.2, 0.25) is 0 Å². The molecule has 2 aromatic rings. The van der Waals surface area contributed by atoms with E-state index in [-0.39, 0.29) is 6.10 Å². The molecule has 2 fully saturated rings. The molecule has 1 heterocycles. The van der Waals surface area contributed by atoms with Crippen LogP contribution < -0.4 is 4.74 Å². The van der Waals surface area contributed by atoms with Crippen molar-refractivity contribution in [3.8, 4) is 5.75 Å². The number of likely N-dealkylation sites (tertiary alicyclic amines) is 1. The molecule has 142 valence electrons. The minimum absolute atomic E-state index is 0.0773. The predicted octanol–water partition coefficient (Wildman–Crippen LogP) is 4.51. The number of hydrogen-bond acceptors (Lipinski definition) is 4. The second-order valence-electron chi connectivity index (χ2n) is 7.88. The van der Waals surface area contributed by atoms with Crippen LogP contribution in [0.3, 0.4) is 0 Å². The van der Waals surface area contributed by atoms with Crippen LogP contribution in [0.4, 0.5) is 0 Å². The SMILES string of the molecule is O=[S-](=C1CC1)c1ccc(OC2c3ccccc3CC2N2CCCCC2)cc1. The molecule has 2 aliphatic carbocycles. The second kappa shape index (κ2) is 7.33. The normalized spacial score (nSPS) is 24.9. The van der Waals surface area contributed by atoms with Crippen LogP contribution >= 0.6 is 0 Å². The van der Waals surface area contributed by atoms with Crippen LogP contribution in [0.5, 0.6) is 5.75 Å². The van der Waals surface area contributed by atoms with Gasteiger partial charge in [-0.15, -0.1) is 4.90 Å². The quantitative estimate of drug-likeness (QED) is 0.577. The molecule has 0 N–H and O–H groups in total. The van der Waals surface area contributed by atoms with Crippen molar-refractivity contribution in [1.29, 1.82) is 0 Å². The Morgan fingerprint density at radius 3 is 2.41 bits per heavy atom. The van der Waals surface area contributed by atoms with Gasteiger partial charge >= 0.3 is 0 Å². The zero-order chi connectivity index (χ0) is 18.2. The smallest absolute Gasteiger partial charge is 0.140 e. The molecule has 2 aromatic carbocycles. The summed E-state index contributed by atoms with van der Waals surface area (Å²) >= 11 is 0. The molecular weight excluding hydrogens is 354 g/mol. The largest absolute Gasteiger partial charge is 0.484 e. The average molecular weight is 381 g/mol. The van der Waals surface area contributed by atoms with Crippen molar-refractivity contribution < 1.29 is 8.95 Å². The first-order valence-corrected chi connectivity index (χ1v) is 11.3. The molecule has 4 heteroatoms. The van der Waals surface area contributed by atoms with Gasteiger partial charge in [0.15, 0.2) is 0 Å². The molecule has 1 saturated carbocycles. The summed E-state index contributed by atoms with van der Waals surface area (Å²) in [5.41, 5.74) is 2.75. The molecule has 1 aliphatic heterocycles. The molecule has 0 aromatic heterocycles. The van der Waals surface area contributed by atoms with E-state index in [1.54, 1.807) is 0 Å². The molecule has 2 unspecified atom stereocenters. The van der Waals surface area contributed by atoms with E-state index in [1.807, 2.05) is 24.3 Å². The zero-order valence-corrected chi connectivity index (χ0v) is 16.4. The number of ether oxygens (including phenoxy) is 1. The summed E-state index contributed by atoms with van der Waals surface area (Å²) in [7, 11) is -0.930. The van der Waals surface area contributed by atoms with Crippen LogP contribution in [-0.4, -0.2) is 28.9 Å². The first-order chi connectivity index (χ1) is 13.3. The van der Waals surface area contributed by atoms with Crippen LogP contribution in [0.25, 0.3) is 0 Å². The summed E-state index contributed by atoms with van der Waals surface area (Å²) in [6.45, 7) is 2.35. The first-order valence-electron chi connectivity index (χ1n) is 10.1. The molecule has 0 amide bonds. The Bertz CT molecular complexity index is 902. The Morgan fingerprint density at radius 2 is 1.67 bits per heavy atom. The molecule has 27 heavy (non-hydrogen) atoms. The fourth-order valence-corrected chi connectivity index (χ4v) is 5.63. The highest BCUT2D eigenvalue weighted by Gasteiger charge is 2.38. The van der Waals surface area contributed by atoms with Gasteiger partial charge in [0.05, 0.1) is 6.04 Å². The van der Waals surface area contributed by atoms with Gasteiger partial charge in [-0.1, -0.05) is 55.7 Å². The number of nitrogens with zero attached hydrogens (tertiary/aromatic N) is 1. The summed E-state index contributed by atoms with van der Waals surface area (Å²) in [5, 5.41) is 0. The molecular formula is C23H26NO2S-. The number of hydrogen-bond donors (Lipinski definition) is 0. The first kappa shape index (κ1) is 17.3. The Morgan fingerprint density at radius 1 is 0.926 bits per heavy atom. The van der Waals surface area contributed by atoms with Gasteiger partial charge in [-0.2, -0.15) is 4.86 Å². The second-order valence-corrected chi connectivity index (χ2v) is 9.47. The van der Waals surface area contributed by atoms with E-state index in [0.717, 1.165) is 29.9 Å². The Kier molecular flexibility index (Phi) is 4.70. The molecule has 2 atom stereocenters. The van der Waals surface area contributed by atoms with Crippen molar-refractivity contribution in [2.45, 2.75) is 55.6 Å². The number of fused-ring (bicyclic) bond motifs is 1. The summed E-state index contributed by atoms with van der Waals surface area (Å²) in [4.78, 5) is 4.69. The Labute approximate surface area is 163 Å². The average Bonchev–Trinajstić information content (AvgIpc) is 3.51. The maximum absolute atomic E-state index is 12.3. The van der Waals surface area contributed by atoms with E-state index in [1.165, 1.54) is 48.3 Å². The number of benzene rings is 2. The van der Waals surface area contributed by atoms with Crippen LogP contribution in [0.1, 0.15) is 49.3 Å². The molecule has 0 spiro atoms. The lowest BCUT2D eigenvalue weighted by Gasteiger charge is -2.35. The van der Waals surface area contributed by atoms with Gasteiger partial charge in [0.1, 0.15) is 11.9 Å². The predicted molar refractivity (Wildman–Crippen MR) is 110 cm³/mol. The van der Waals surface area contributed by atoms with Crippen molar-refractivity contribution in [3.05, 3.63) is 59.7 Å². The van der Waals surface area contributed by atoms with Gasteiger partial charge in [0, 0.05) is 0 Å². The summed E-state index contributed by atoms with van der Waals surface area (Å²) in [5.74, 6) is 0.875. The van der Waals surface area contributed by atoms with Gasteiger partial charge in [-0.05, 0) is 55.6 Å². The van der Waals surface area contributed by atoms with Gasteiger partial charge in [-0.25, -0.2) is 10.4 Å². The maximum Gasteiger partial charge on any atom is 0.140 e. The maximum atomic E-state index is 12.3. The standard InChI is InChI=1S/C23H26NO2S/c25-27(20-12-13-20)19-10-8-18(9-11-19)26-23-21-7-3-2-6-17(21)16-22(23)24-14-4-1-5-15-24/h2-3,6-11,22-23H,1,4-5,12-16H2/q-1. The van der Waals surface area contributed by atoms with Gasteiger partial charge in [-0.3, -0.25) is 4.90 Å². The fraction of sp³-hybridized carbons (Fsp3) is 0.435. The highest BCUT2D eigenvalue weighted by Crippen LogP contribution is 2.39. The third-order valence-corrected chi connectivity index (χ3v) is 7.65. The van der Waals surface area contributed by atoms with Crippen LogP contribution in [0.15, 0.2) is 53.4 Å². The highest BCUT2D eigenvalue weighted by molar-refractivity contribution is 7.85. The minimum atomic E-state index is -0.930. The summed E-state index contributed by atoms with van der Waals surface area (Å²) < 4.78 is 18.8. The van der Waals surface area contributed by atoms with E-state index in [9.17, 15) is 4.21 Å².